The van der Waals surface area contributed by atoms with Crippen molar-refractivity contribution >= 4 is 30.1 Å². The van der Waals surface area contributed by atoms with Crippen molar-refractivity contribution in [3.05, 3.63) is 0 Å². The van der Waals surface area contributed by atoms with Crippen LogP contribution in [0.15, 0.2) is 0 Å². The first kappa shape index (κ1) is 15.1. The van der Waals surface area contributed by atoms with E-state index < -0.39 is 0 Å². The van der Waals surface area contributed by atoms with Crippen molar-refractivity contribution in [2.24, 2.45) is 11.8 Å². The van der Waals surface area contributed by atoms with Crippen LogP contribution in [-0.4, -0.2) is 47.5 Å². The maximum atomic E-state index is 12.4. The number of hydrogen-bond acceptors (Lipinski definition) is 3. The van der Waals surface area contributed by atoms with Crippen LogP contribution in [0.1, 0.15) is 20.8 Å². The lowest BCUT2D eigenvalue weighted by Crippen LogP contribution is -2.54. The number of carbonyl (C=O) groups excluding carboxylic acids is 1. The lowest BCUT2D eigenvalue weighted by atomic mass is 9.87. The van der Waals surface area contributed by atoms with Gasteiger partial charge >= 0.3 is 0 Å². The van der Waals surface area contributed by atoms with Crippen molar-refractivity contribution in [2.45, 2.75) is 32.1 Å². The number of rotatable bonds is 2. The monoisotopic (exact) mass is 278 g/mol. The van der Waals surface area contributed by atoms with Crippen molar-refractivity contribution in [1.29, 1.82) is 0 Å². The molecule has 0 radical (unpaired) electrons. The summed E-state index contributed by atoms with van der Waals surface area (Å²) in [5.74, 6) is 2.21. The highest BCUT2D eigenvalue weighted by Gasteiger charge is 2.35. The van der Waals surface area contributed by atoms with Gasteiger partial charge < -0.3 is 10.2 Å². The molecule has 0 aromatic rings. The first-order valence-corrected chi connectivity index (χ1v) is 7.29. The van der Waals surface area contributed by atoms with E-state index in [9.17, 15) is 4.79 Å². The van der Waals surface area contributed by atoms with Crippen LogP contribution in [0.25, 0.3) is 0 Å². The third-order valence-corrected chi connectivity index (χ3v) is 5.41. The third kappa shape index (κ3) is 3.09. The molecule has 0 saturated carbocycles. The second-order valence-electron chi connectivity index (χ2n) is 5.06. The Morgan fingerprint density at radius 3 is 2.59 bits per heavy atom. The molecule has 100 valence electrons. The molecule has 1 amide bonds. The summed E-state index contributed by atoms with van der Waals surface area (Å²) < 4.78 is 0. The Morgan fingerprint density at radius 2 is 2.06 bits per heavy atom. The highest BCUT2D eigenvalue weighted by atomic mass is 35.5. The van der Waals surface area contributed by atoms with Gasteiger partial charge in [-0.05, 0) is 25.9 Å². The van der Waals surface area contributed by atoms with Crippen LogP contribution in [0.4, 0.5) is 0 Å². The molecule has 2 aliphatic heterocycles. The van der Waals surface area contributed by atoms with Crippen molar-refractivity contribution in [3.63, 3.8) is 0 Å². The molecular weight excluding hydrogens is 256 g/mol. The molecule has 2 rings (SSSR count). The van der Waals surface area contributed by atoms with E-state index in [1.807, 2.05) is 11.8 Å². The summed E-state index contributed by atoms with van der Waals surface area (Å²) in [5.41, 5.74) is 0. The number of nitrogens with one attached hydrogen (secondary N) is 1. The SMILES string of the molecule is CC1SCCN(C(=O)C(C)C2CNC2)C1C.Cl. The van der Waals surface area contributed by atoms with Crippen LogP contribution < -0.4 is 5.32 Å². The largest absolute Gasteiger partial charge is 0.338 e. The second-order valence-corrected chi connectivity index (χ2v) is 6.54. The highest BCUT2D eigenvalue weighted by molar-refractivity contribution is 8.00. The Morgan fingerprint density at radius 1 is 1.41 bits per heavy atom. The van der Waals surface area contributed by atoms with E-state index >= 15 is 0 Å². The summed E-state index contributed by atoms with van der Waals surface area (Å²) in [6.45, 7) is 9.45. The molecule has 3 unspecified atom stereocenters. The fraction of sp³-hybridized carbons (Fsp3) is 0.917. The Hall–Kier alpha value is 0.0700. The minimum Gasteiger partial charge on any atom is -0.338 e. The van der Waals surface area contributed by atoms with Gasteiger partial charge in [0.15, 0.2) is 0 Å². The average molecular weight is 279 g/mol. The van der Waals surface area contributed by atoms with Crippen LogP contribution in [0, 0.1) is 11.8 Å². The average Bonchev–Trinajstić information content (AvgIpc) is 2.18. The Kier molecular flexibility index (Phi) is 5.61. The Labute approximate surface area is 114 Å². The van der Waals surface area contributed by atoms with Crippen LogP contribution in [0.3, 0.4) is 0 Å². The zero-order chi connectivity index (χ0) is 11.7. The Bertz CT molecular complexity index is 273. The smallest absolute Gasteiger partial charge is 0.226 e. The first-order valence-electron chi connectivity index (χ1n) is 6.24. The van der Waals surface area contributed by atoms with E-state index in [4.69, 9.17) is 0 Å². The molecule has 2 saturated heterocycles. The lowest BCUT2D eigenvalue weighted by Gasteiger charge is -2.41. The van der Waals surface area contributed by atoms with E-state index in [2.05, 4.69) is 31.0 Å². The summed E-state index contributed by atoms with van der Waals surface area (Å²) in [6, 6.07) is 0.390. The van der Waals surface area contributed by atoms with Gasteiger partial charge in [0.05, 0.1) is 0 Å². The lowest BCUT2D eigenvalue weighted by molar-refractivity contribution is -0.139. The molecule has 3 nitrogen and oxygen atoms in total. The molecule has 2 heterocycles. The fourth-order valence-corrected chi connectivity index (χ4v) is 3.47. The standard InChI is InChI=1S/C12H22N2OS.ClH/c1-8(11-6-13-7-11)12(15)14-4-5-16-10(3)9(14)2;/h8-11,13H,4-7H2,1-3H3;1H. The number of thioether (sulfide) groups is 1. The quantitative estimate of drug-likeness (QED) is 0.833. The first-order chi connectivity index (χ1) is 7.61. The third-order valence-electron chi connectivity index (χ3n) is 4.08. The van der Waals surface area contributed by atoms with Crippen molar-refractivity contribution in [1.82, 2.24) is 10.2 Å². The second kappa shape index (κ2) is 6.30. The van der Waals surface area contributed by atoms with Gasteiger partial charge in [0.1, 0.15) is 0 Å². The fourth-order valence-electron chi connectivity index (χ4n) is 2.37. The van der Waals surface area contributed by atoms with E-state index in [1.165, 1.54) is 0 Å². The van der Waals surface area contributed by atoms with Crippen LogP contribution in [0.5, 0.6) is 0 Å². The number of carbonyl (C=O) groups is 1. The number of nitrogens with zero attached hydrogens (tertiary/aromatic N) is 1. The molecular formula is C12H23ClN2OS. The van der Waals surface area contributed by atoms with Gasteiger partial charge in [-0.15, -0.1) is 12.4 Å². The van der Waals surface area contributed by atoms with Crippen molar-refractivity contribution < 1.29 is 4.79 Å². The normalized spacial score (nSPS) is 31.4. The molecule has 5 heteroatoms. The van der Waals surface area contributed by atoms with Gasteiger partial charge in [-0.2, -0.15) is 11.8 Å². The van der Waals surface area contributed by atoms with Crippen LogP contribution in [0.2, 0.25) is 0 Å². The topological polar surface area (TPSA) is 32.3 Å². The summed E-state index contributed by atoms with van der Waals surface area (Å²) in [6.07, 6.45) is 0. The van der Waals surface area contributed by atoms with E-state index in [0.29, 0.717) is 23.1 Å². The minimum absolute atomic E-state index is 0. The molecule has 0 bridgehead atoms. The summed E-state index contributed by atoms with van der Waals surface area (Å²) in [5, 5.41) is 3.82. The number of hydrogen-bond donors (Lipinski definition) is 1. The van der Waals surface area contributed by atoms with Gasteiger partial charge in [0.2, 0.25) is 5.91 Å². The van der Waals surface area contributed by atoms with Gasteiger partial charge in [-0.1, -0.05) is 13.8 Å². The summed E-state index contributed by atoms with van der Waals surface area (Å²) in [7, 11) is 0. The Balaban J connectivity index is 0.00000144. The zero-order valence-corrected chi connectivity index (χ0v) is 12.4. The molecule has 1 N–H and O–H groups in total. The molecule has 17 heavy (non-hydrogen) atoms. The van der Waals surface area contributed by atoms with E-state index in [0.717, 1.165) is 25.4 Å². The minimum atomic E-state index is 0. The molecule has 0 spiro atoms. The molecule has 2 fully saturated rings. The van der Waals surface area contributed by atoms with Gasteiger partial charge in [-0.25, -0.2) is 0 Å². The van der Waals surface area contributed by atoms with Crippen LogP contribution in [-0.2, 0) is 4.79 Å². The highest BCUT2D eigenvalue weighted by Crippen LogP contribution is 2.27. The zero-order valence-electron chi connectivity index (χ0n) is 10.8. The van der Waals surface area contributed by atoms with Crippen molar-refractivity contribution in [3.8, 4) is 0 Å². The molecule has 0 aromatic carbocycles. The predicted octanol–water partition coefficient (Wildman–Crippen LogP) is 1.62. The van der Waals surface area contributed by atoms with Gasteiger partial charge in [0.25, 0.3) is 0 Å². The number of amides is 1. The predicted molar refractivity (Wildman–Crippen MR) is 75.9 cm³/mol. The number of halogens is 1. The molecule has 3 atom stereocenters. The summed E-state index contributed by atoms with van der Waals surface area (Å²) in [4.78, 5) is 14.5. The molecule has 2 aliphatic rings. The molecule has 0 aromatic heterocycles. The summed E-state index contributed by atoms with van der Waals surface area (Å²) >= 11 is 1.98. The maximum absolute atomic E-state index is 12.4. The van der Waals surface area contributed by atoms with Crippen molar-refractivity contribution in [2.75, 3.05) is 25.4 Å². The molecule has 0 aliphatic carbocycles. The maximum Gasteiger partial charge on any atom is 0.226 e. The van der Waals surface area contributed by atoms with E-state index in [-0.39, 0.29) is 18.3 Å². The van der Waals surface area contributed by atoms with E-state index in [1.54, 1.807) is 0 Å². The van der Waals surface area contributed by atoms with Gasteiger partial charge in [-0.3, -0.25) is 4.79 Å². The van der Waals surface area contributed by atoms with Gasteiger partial charge in [0, 0.05) is 29.5 Å². The van der Waals surface area contributed by atoms with Crippen LogP contribution >= 0.6 is 24.2 Å².